The lowest BCUT2D eigenvalue weighted by Crippen LogP contribution is -2.27. The van der Waals surface area contributed by atoms with Crippen molar-refractivity contribution in [1.29, 1.82) is 0 Å². The average Bonchev–Trinajstić information content (AvgIpc) is 3.26. The number of allylic oxidation sites excluding steroid dienone is 2. The molecule has 38 heavy (non-hydrogen) atoms. The summed E-state index contributed by atoms with van der Waals surface area (Å²) < 4.78 is 5.48. The fourth-order valence-electron chi connectivity index (χ4n) is 5.46. The van der Waals surface area contributed by atoms with Gasteiger partial charge < -0.3 is 14.7 Å². The Labute approximate surface area is 222 Å². The van der Waals surface area contributed by atoms with E-state index in [1.165, 1.54) is 0 Å². The fourth-order valence-corrected chi connectivity index (χ4v) is 5.46. The van der Waals surface area contributed by atoms with Gasteiger partial charge in [-0.3, -0.25) is 19.4 Å². The second kappa shape index (κ2) is 11.9. The number of ketones is 2. The number of aliphatic hydroxyl groups excluding tert-OH is 1. The predicted octanol–water partition coefficient (Wildman–Crippen LogP) is 5.81. The van der Waals surface area contributed by atoms with Crippen LogP contribution in [0.1, 0.15) is 98.5 Å². The van der Waals surface area contributed by atoms with Crippen LogP contribution in [0.4, 0.5) is 0 Å². The Kier molecular flexibility index (Phi) is 8.59. The lowest BCUT2D eigenvalue weighted by molar-refractivity contribution is -0.137. The zero-order valence-corrected chi connectivity index (χ0v) is 22.2. The van der Waals surface area contributed by atoms with E-state index in [2.05, 4.69) is 5.16 Å². The molecule has 1 aromatic heterocycles. The molecule has 1 aromatic carbocycles. The molecule has 0 radical (unpaired) electrons. The molecule has 2 aromatic rings. The molecule has 202 valence electrons. The number of rotatable bonds is 10. The Morgan fingerprint density at radius 2 is 1.79 bits per heavy atom. The van der Waals surface area contributed by atoms with Gasteiger partial charge in [0.25, 0.3) is 0 Å². The Bertz CT molecular complexity index is 1250. The van der Waals surface area contributed by atoms with Crippen molar-refractivity contribution >= 4 is 23.2 Å². The summed E-state index contributed by atoms with van der Waals surface area (Å²) in [6, 6.07) is 9.84. The van der Waals surface area contributed by atoms with Crippen LogP contribution in [0.3, 0.4) is 0 Å². The number of carbonyl (C=O) groups excluding carboxylic acids is 2. The fraction of sp³-hybridized carbons (Fsp3) is 0.500. The van der Waals surface area contributed by atoms with Gasteiger partial charge in [-0.15, -0.1) is 0 Å². The van der Waals surface area contributed by atoms with E-state index < -0.39 is 5.97 Å². The molecule has 8 heteroatoms. The van der Waals surface area contributed by atoms with E-state index in [1.54, 1.807) is 0 Å². The number of aliphatic hydroxyl groups is 1. The van der Waals surface area contributed by atoms with E-state index in [1.807, 2.05) is 44.2 Å². The van der Waals surface area contributed by atoms with Crippen LogP contribution in [0.2, 0.25) is 0 Å². The van der Waals surface area contributed by atoms with Crippen molar-refractivity contribution in [3.05, 3.63) is 64.2 Å². The third-order valence-corrected chi connectivity index (χ3v) is 7.34. The third-order valence-electron chi connectivity index (χ3n) is 7.34. The molecule has 4 rings (SSSR count). The number of hydrogen-bond donors (Lipinski definition) is 2. The Balaban J connectivity index is 1.52. The van der Waals surface area contributed by atoms with Crippen LogP contribution in [0, 0.1) is 5.41 Å². The first-order chi connectivity index (χ1) is 18.1. The van der Waals surface area contributed by atoms with Crippen molar-refractivity contribution in [2.75, 3.05) is 6.54 Å². The summed E-state index contributed by atoms with van der Waals surface area (Å²) in [6.07, 6.45) is 4.47. The van der Waals surface area contributed by atoms with E-state index in [-0.39, 0.29) is 59.9 Å². The molecule has 1 unspecified atom stereocenters. The zero-order valence-electron chi connectivity index (χ0n) is 22.2. The number of carboxylic acids is 1. The molecule has 1 atom stereocenters. The van der Waals surface area contributed by atoms with E-state index >= 15 is 0 Å². The standard InChI is InChI=1S/C30H36N2O6/c1-30(2)17-25(35)29-21(32-38-26(29)18-30)12-13-23(33)28-22(31-14-8-4-7-11-27(36)37)15-20(16-24(28)34)19-9-5-3-6-10-19/h3,5-6,9-10,20,33H,4,7-8,11-18H2,1-2H3,(H,36,37)/b28-23-,31-22?. The lowest BCUT2D eigenvalue weighted by atomic mass is 9.76. The summed E-state index contributed by atoms with van der Waals surface area (Å²) in [5.74, 6) is -0.413. The highest BCUT2D eigenvalue weighted by Gasteiger charge is 2.37. The molecule has 2 N–H and O–H groups in total. The van der Waals surface area contributed by atoms with Crippen LogP contribution in [-0.4, -0.2) is 45.2 Å². The first-order valence-electron chi connectivity index (χ1n) is 13.4. The van der Waals surface area contributed by atoms with Crippen molar-refractivity contribution in [2.24, 2.45) is 10.4 Å². The number of aromatic nitrogens is 1. The van der Waals surface area contributed by atoms with Gasteiger partial charge in [0.05, 0.1) is 16.8 Å². The maximum absolute atomic E-state index is 13.3. The smallest absolute Gasteiger partial charge is 0.303 e. The average molecular weight is 521 g/mol. The van der Waals surface area contributed by atoms with Gasteiger partial charge in [-0.25, -0.2) is 0 Å². The summed E-state index contributed by atoms with van der Waals surface area (Å²) in [5.41, 5.74) is 2.79. The Hall–Kier alpha value is -3.55. The minimum atomic E-state index is -0.811. The number of Topliss-reactive ketones (excluding diaryl/α,β-unsaturated/α-hetero) is 2. The van der Waals surface area contributed by atoms with Gasteiger partial charge in [0, 0.05) is 50.8 Å². The van der Waals surface area contributed by atoms with Crippen molar-refractivity contribution in [2.45, 2.75) is 84.0 Å². The predicted molar refractivity (Wildman–Crippen MR) is 143 cm³/mol. The number of fused-ring (bicyclic) bond motifs is 1. The monoisotopic (exact) mass is 520 g/mol. The number of aliphatic imine (C=N–C) groups is 1. The minimum Gasteiger partial charge on any atom is -0.511 e. The highest BCUT2D eigenvalue weighted by atomic mass is 16.5. The highest BCUT2D eigenvalue weighted by molar-refractivity contribution is 6.24. The zero-order chi connectivity index (χ0) is 27.3. The van der Waals surface area contributed by atoms with Crippen LogP contribution < -0.4 is 0 Å². The second-order valence-corrected chi connectivity index (χ2v) is 11.2. The first-order valence-corrected chi connectivity index (χ1v) is 13.4. The number of aryl methyl sites for hydroxylation is 1. The topological polar surface area (TPSA) is 130 Å². The summed E-state index contributed by atoms with van der Waals surface area (Å²) in [4.78, 5) is 41.5. The third kappa shape index (κ3) is 6.65. The molecular formula is C30H36N2O6. The van der Waals surface area contributed by atoms with Crippen LogP contribution in [0.25, 0.3) is 0 Å². The van der Waals surface area contributed by atoms with Crippen molar-refractivity contribution < 1.29 is 29.1 Å². The van der Waals surface area contributed by atoms with E-state index in [0.717, 1.165) is 12.0 Å². The van der Waals surface area contributed by atoms with Crippen molar-refractivity contribution in [1.82, 2.24) is 5.16 Å². The number of carbonyl (C=O) groups is 3. The molecule has 0 amide bonds. The van der Waals surface area contributed by atoms with E-state index in [0.29, 0.717) is 61.4 Å². The van der Waals surface area contributed by atoms with Gasteiger partial charge in [0.1, 0.15) is 11.5 Å². The minimum absolute atomic E-state index is 0.00392. The number of hydrogen-bond acceptors (Lipinski definition) is 7. The van der Waals surface area contributed by atoms with Crippen LogP contribution in [0.5, 0.6) is 0 Å². The van der Waals surface area contributed by atoms with Crippen molar-refractivity contribution in [3.63, 3.8) is 0 Å². The Morgan fingerprint density at radius 3 is 2.53 bits per heavy atom. The second-order valence-electron chi connectivity index (χ2n) is 11.2. The summed E-state index contributed by atoms with van der Waals surface area (Å²) in [7, 11) is 0. The van der Waals surface area contributed by atoms with Crippen LogP contribution in [-0.2, 0) is 22.4 Å². The first kappa shape index (κ1) is 27.5. The maximum Gasteiger partial charge on any atom is 0.303 e. The van der Waals surface area contributed by atoms with Gasteiger partial charge in [-0.05, 0) is 36.2 Å². The van der Waals surface area contributed by atoms with Gasteiger partial charge in [-0.1, -0.05) is 55.8 Å². The molecule has 2 aliphatic carbocycles. The molecule has 1 fully saturated rings. The number of unbranched alkanes of at least 4 members (excludes halogenated alkanes) is 2. The lowest BCUT2D eigenvalue weighted by Gasteiger charge is -2.27. The van der Waals surface area contributed by atoms with Crippen LogP contribution in [0.15, 0.2) is 51.2 Å². The summed E-state index contributed by atoms with van der Waals surface area (Å²) >= 11 is 0. The molecule has 1 saturated carbocycles. The maximum atomic E-state index is 13.3. The Morgan fingerprint density at radius 1 is 1.03 bits per heavy atom. The molecule has 1 heterocycles. The molecule has 0 bridgehead atoms. The normalized spacial score (nSPS) is 21.4. The molecule has 0 aliphatic heterocycles. The molecule has 8 nitrogen and oxygen atoms in total. The summed E-state index contributed by atoms with van der Waals surface area (Å²) in [6.45, 7) is 4.51. The largest absolute Gasteiger partial charge is 0.511 e. The van der Waals surface area contributed by atoms with Crippen LogP contribution >= 0.6 is 0 Å². The molecule has 2 aliphatic rings. The van der Waals surface area contributed by atoms with Gasteiger partial charge >= 0.3 is 5.97 Å². The van der Waals surface area contributed by atoms with E-state index in [9.17, 15) is 19.5 Å². The number of carboxylic acid groups (broad SMARTS) is 1. The molecule has 0 saturated heterocycles. The SMILES string of the molecule is CC1(C)CC(=O)c2c(CC/C(O)=C3/C(=O)CC(c4ccccc4)CC3=NCCCCCC(=O)O)noc2C1. The molecular weight excluding hydrogens is 484 g/mol. The number of aliphatic carboxylic acids is 1. The number of benzene rings is 1. The van der Waals surface area contributed by atoms with Gasteiger partial charge in [0.2, 0.25) is 0 Å². The summed E-state index contributed by atoms with van der Waals surface area (Å²) in [5, 5.41) is 24.0. The quantitative estimate of drug-likeness (QED) is 0.230. The molecule has 0 spiro atoms. The van der Waals surface area contributed by atoms with E-state index in [4.69, 9.17) is 14.6 Å². The van der Waals surface area contributed by atoms with Crippen molar-refractivity contribution in [3.8, 4) is 0 Å². The highest BCUT2D eigenvalue weighted by Crippen LogP contribution is 2.37. The van der Waals surface area contributed by atoms with Gasteiger partial charge in [-0.2, -0.15) is 0 Å². The number of nitrogens with zero attached hydrogens (tertiary/aromatic N) is 2. The van der Waals surface area contributed by atoms with Gasteiger partial charge in [0.15, 0.2) is 11.6 Å².